The predicted octanol–water partition coefficient (Wildman–Crippen LogP) is 1.53. The molecule has 55 valence electrons. The second-order valence-corrected chi connectivity index (χ2v) is 2.48. The van der Waals surface area contributed by atoms with Gasteiger partial charge in [-0.15, -0.1) is 5.10 Å². The normalized spacial score (nSPS) is 16.5. The molecule has 0 atom stereocenters. The van der Waals surface area contributed by atoms with E-state index in [0.29, 0.717) is 0 Å². The monoisotopic (exact) mass is 147 g/mol. The van der Waals surface area contributed by atoms with Gasteiger partial charge in [0.05, 0.1) is 5.56 Å². The van der Waals surface area contributed by atoms with Gasteiger partial charge in [-0.05, 0) is 6.92 Å². The number of aromatic amines is 1. The van der Waals surface area contributed by atoms with Crippen LogP contribution < -0.4 is 4.90 Å². The van der Waals surface area contributed by atoms with Crippen LogP contribution in [-0.2, 0) is 0 Å². The molecule has 3 nitrogen and oxygen atoms in total. The van der Waals surface area contributed by atoms with Crippen molar-refractivity contribution in [1.82, 2.24) is 15.1 Å². The van der Waals surface area contributed by atoms with Gasteiger partial charge in [-0.1, -0.05) is 4.90 Å². The molecular weight excluding hydrogens is 138 g/mol. The summed E-state index contributed by atoms with van der Waals surface area (Å²) in [4.78, 5) is 1.98. The topological polar surface area (TPSA) is 34.6 Å². The Hall–Kier alpha value is -1.35. The molecule has 0 unspecified atom stereocenters. The Labute approximate surface area is 65.0 Å². The van der Waals surface area contributed by atoms with Gasteiger partial charge in [0.25, 0.3) is 0 Å². The predicted molar refractivity (Wildman–Crippen MR) is 43.4 cm³/mol. The van der Waals surface area contributed by atoms with Gasteiger partial charge in [-0.2, -0.15) is 0 Å². The third kappa shape index (κ3) is 0.991. The minimum atomic E-state index is 0.968. The van der Waals surface area contributed by atoms with Crippen LogP contribution in [-0.4, -0.2) is 10.2 Å². The zero-order chi connectivity index (χ0) is 7.68. The first kappa shape index (κ1) is 6.37. The Balaban J connectivity index is 2.36. The molecule has 11 heavy (non-hydrogen) atoms. The van der Waals surface area contributed by atoms with Gasteiger partial charge >= 0.3 is 5.82 Å². The number of aromatic nitrogens is 2. The molecule has 1 N–H and O–H groups in total. The van der Waals surface area contributed by atoms with Gasteiger partial charge in [0.1, 0.15) is 0 Å². The minimum Gasteiger partial charge on any atom is -0.280 e. The van der Waals surface area contributed by atoms with Crippen molar-refractivity contribution in [2.75, 3.05) is 0 Å². The minimum absolute atomic E-state index is 0.968. The molecule has 1 aromatic heterocycles. The van der Waals surface area contributed by atoms with Crippen LogP contribution in [0.1, 0.15) is 5.56 Å². The Morgan fingerprint density at radius 2 is 2.09 bits per heavy atom. The van der Waals surface area contributed by atoms with E-state index in [1.165, 1.54) is 0 Å². The number of anilines is 1. The maximum Gasteiger partial charge on any atom is 0.308 e. The molecule has 2 rings (SSSR count). The molecule has 2 heterocycles. The van der Waals surface area contributed by atoms with E-state index in [4.69, 9.17) is 0 Å². The Kier molecular flexibility index (Phi) is 1.36. The molecule has 0 spiro atoms. The molecule has 0 aliphatic carbocycles. The van der Waals surface area contributed by atoms with Gasteiger partial charge < -0.3 is 0 Å². The van der Waals surface area contributed by atoms with Crippen molar-refractivity contribution in [3.8, 4) is 0 Å². The SMILES string of the molecule is Cc1c[nH]nc1[N+]1C=CC=C1. The van der Waals surface area contributed by atoms with Gasteiger partial charge in [0, 0.05) is 18.3 Å². The highest BCUT2D eigenvalue weighted by atomic mass is 15.3. The zero-order valence-electron chi connectivity index (χ0n) is 6.28. The molecular formula is C8H9N3+. The van der Waals surface area contributed by atoms with E-state index in [1.807, 2.05) is 42.6 Å². The Bertz CT molecular complexity index is 297. The largest absolute Gasteiger partial charge is 0.308 e. The number of nitrogens with one attached hydrogen (secondary N) is 1. The summed E-state index contributed by atoms with van der Waals surface area (Å²) in [6.45, 7) is 2.03. The van der Waals surface area contributed by atoms with E-state index in [-0.39, 0.29) is 0 Å². The lowest BCUT2D eigenvalue weighted by Crippen LogP contribution is -2.06. The lowest BCUT2D eigenvalue weighted by atomic mass is 10.3. The number of hydrogen-bond donors (Lipinski definition) is 1. The zero-order valence-corrected chi connectivity index (χ0v) is 6.28. The molecule has 0 amide bonds. The third-order valence-electron chi connectivity index (χ3n) is 1.65. The van der Waals surface area contributed by atoms with Crippen LogP contribution in [0.25, 0.3) is 0 Å². The second-order valence-electron chi connectivity index (χ2n) is 2.48. The summed E-state index contributed by atoms with van der Waals surface area (Å²) in [5.74, 6) is 0.968. The molecule has 0 bridgehead atoms. The lowest BCUT2D eigenvalue weighted by molar-refractivity contribution is 0.859. The van der Waals surface area contributed by atoms with Crippen molar-refractivity contribution < 1.29 is 0 Å². The van der Waals surface area contributed by atoms with Crippen LogP contribution in [0, 0.1) is 6.92 Å². The van der Waals surface area contributed by atoms with E-state index >= 15 is 0 Å². The molecule has 1 aliphatic rings. The standard InChI is InChI=1S/C8H9N3/c1-7-6-9-10-8(7)11-4-2-3-5-11/h2-6H,1H3,(H,9,10)/q+1. The van der Waals surface area contributed by atoms with Crippen LogP contribution in [0.3, 0.4) is 0 Å². The van der Waals surface area contributed by atoms with Crippen molar-refractivity contribution in [2.24, 2.45) is 0 Å². The summed E-state index contributed by atoms with van der Waals surface area (Å²) >= 11 is 0. The molecule has 1 aliphatic heterocycles. The molecule has 0 saturated carbocycles. The Morgan fingerprint density at radius 3 is 2.64 bits per heavy atom. The van der Waals surface area contributed by atoms with Gasteiger partial charge in [-0.25, -0.2) is 0 Å². The molecule has 0 fully saturated rings. The van der Waals surface area contributed by atoms with Crippen molar-refractivity contribution in [1.29, 1.82) is 0 Å². The van der Waals surface area contributed by atoms with Gasteiger partial charge in [0.15, 0.2) is 12.4 Å². The van der Waals surface area contributed by atoms with Crippen LogP contribution in [0.4, 0.5) is 5.82 Å². The summed E-state index contributed by atoms with van der Waals surface area (Å²) in [6, 6.07) is 0. The van der Waals surface area contributed by atoms with Crippen LogP contribution in [0.5, 0.6) is 0 Å². The van der Waals surface area contributed by atoms with Gasteiger partial charge in [-0.3, -0.25) is 5.10 Å². The van der Waals surface area contributed by atoms with Crippen molar-refractivity contribution in [2.45, 2.75) is 6.92 Å². The molecule has 0 aromatic carbocycles. The summed E-state index contributed by atoms with van der Waals surface area (Å²) in [5, 5.41) is 6.91. The summed E-state index contributed by atoms with van der Waals surface area (Å²) in [6.07, 6.45) is 9.80. The first-order valence-electron chi connectivity index (χ1n) is 3.51. The second kappa shape index (κ2) is 2.36. The molecule has 3 heteroatoms. The van der Waals surface area contributed by atoms with E-state index in [0.717, 1.165) is 11.4 Å². The lowest BCUT2D eigenvalue weighted by Gasteiger charge is -1.92. The highest BCUT2D eigenvalue weighted by molar-refractivity contribution is 5.43. The first-order chi connectivity index (χ1) is 5.38. The number of nitrogens with zero attached hydrogens (tertiary/aromatic N) is 2. The van der Waals surface area contributed by atoms with Crippen LogP contribution in [0.15, 0.2) is 30.7 Å². The molecule has 1 radical (unpaired) electrons. The first-order valence-corrected chi connectivity index (χ1v) is 3.51. The highest BCUT2D eigenvalue weighted by Gasteiger charge is 2.20. The number of rotatable bonds is 1. The third-order valence-corrected chi connectivity index (χ3v) is 1.65. The maximum atomic E-state index is 4.10. The number of hydrogen-bond acceptors (Lipinski definition) is 2. The average molecular weight is 147 g/mol. The van der Waals surface area contributed by atoms with Crippen LogP contribution >= 0.6 is 0 Å². The molecule has 1 aromatic rings. The van der Waals surface area contributed by atoms with E-state index < -0.39 is 0 Å². The van der Waals surface area contributed by atoms with E-state index in [2.05, 4.69) is 10.2 Å². The quantitative estimate of drug-likeness (QED) is 0.600. The van der Waals surface area contributed by atoms with Crippen molar-refractivity contribution >= 4 is 5.82 Å². The van der Waals surface area contributed by atoms with Gasteiger partial charge in [0.2, 0.25) is 0 Å². The van der Waals surface area contributed by atoms with Crippen LogP contribution in [0.2, 0.25) is 0 Å². The fourth-order valence-corrected chi connectivity index (χ4v) is 1.08. The van der Waals surface area contributed by atoms with Crippen molar-refractivity contribution in [3.05, 3.63) is 36.3 Å². The molecule has 0 saturated heterocycles. The number of H-pyrrole nitrogens is 1. The summed E-state index contributed by atoms with van der Waals surface area (Å²) < 4.78 is 0. The van der Waals surface area contributed by atoms with E-state index in [9.17, 15) is 0 Å². The summed E-state index contributed by atoms with van der Waals surface area (Å²) in [5.41, 5.74) is 1.15. The average Bonchev–Trinajstić information content (AvgIpc) is 2.55. The Morgan fingerprint density at radius 1 is 1.36 bits per heavy atom. The fourth-order valence-electron chi connectivity index (χ4n) is 1.08. The van der Waals surface area contributed by atoms with E-state index in [1.54, 1.807) is 0 Å². The fraction of sp³-hybridized carbons (Fsp3) is 0.125. The number of allylic oxidation sites excluding steroid dienone is 2. The maximum absolute atomic E-state index is 4.10. The highest BCUT2D eigenvalue weighted by Crippen LogP contribution is 2.17. The summed E-state index contributed by atoms with van der Waals surface area (Å²) in [7, 11) is 0. The van der Waals surface area contributed by atoms with Crippen molar-refractivity contribution in [3.63, 3.8) is 0 Å². The smallest absolute Gasteiger partial charge is 0.280 e. The number of aryl methyl sites for hydroxylation is 1.